The van der Waals surface area contributed by atoms with Crippen molar-refractivity contribution in [3.05, 3.63) is 16.4 Å². The van der Waals surface area contributed by atoms with E-state index in [1.54, 1.807) is 12.3 Å². The molecule has 0 saturated heterocycles. The number of hydrogen-bond donors (Lipinski definition) is 1. The lowest BCUT2D eigenvalue weighted by atomic mass is 10.4. The third kappa shape index (κ3) is 3.77. The van der Waals surface area contributed by atoms with Gasteiger partial charge in [-0.3, -0.25) is 4.21 Å². The highest BCUT2D eigenvalue weighted by Gasteiger charge is 2.03. The van der Waals surface area contributed by atoms with Gasteiger partial charge in [0, 0.05) is 35.4 Å². The average Bonchev–Trinajstić information content (AvgIpc) is 2.10. The number of rotatable bonds is 4. The van der Waals surface area contributed by atoms with Gasteiger partial charge >= 0.3 is 0 Å². The summed E-state index contributed by atoms with van der Waals surface area (Å²) in [5.41, 5.74) is 0.608. The van der Waals surface area contributed by atoms with E-state index in [-0.39, 0.29) is 10.3 Å². The van der Waals surface area contributed by atoms with Crippen molar-refractivity contribution in [2.45, 2.75) is 0 Å². The Kier molecular flexibility index (Phi) is 4.57. The van der Waals surface area contributed by atoms with Crippen LogP contribution in [-0.2, 0) is 10.8 Å². The summed E-state index contributed by atoms with van der Waals surface area (Å²) in [6.45, 7) is 0.560. The quantitative estimate of drug-likeness (QED) is 0.886. The van der Waals surface area contributed by atoms with E-state index in [1.807, 2.05) is 0 Å². The molecule has 1 N–H and O–H groups in total. The molecule has 1 aromatic rings. The molecule has 0 aliphatic carbocycles. The van der Waals surface area contributed by atoms with E-state index in [4.69, 9.17) is 23.2 Å². The van der Waals surface area contributed by atoms with Gasteiger partial charge in [0.15, 0.2) is 10.3 Å². The summed E-state index contributed by atoms with van der Waals surface area (Å²) in [4.78, 5) is 0. The first-order chi connectivity index (χ1) is 6.59. The summed E-state index contributed by atoms with van der Waals surface area (Å²) < 4.78 is 10.8. The second-order valence-electron chi connectivity index (χ2n) is 2.58. The van der Waals surface area contributed by atoms with E-state index in [9.17, 15) is 4.21 Å². The van der Waals surface area contributed by atoms with Crippen LogP contribution in [0.15, 0.2) is 6.07 Å². The lowest BCUT2D eigenvalue weighted by Crippen LogP contribution is -2.10. The van der Waals surface area contributed by atoms with E-state index in [0.717, 1.165) is 0 Å². The zero-order valence-corrected chi connectivity index (χ0v) is 9.79. The van der Waals surface area contributed by atoms with Crippen molar-refractivity contribution in [2.75, 3.05) is 23.9 Å². The minimum Gasteiger partial charge on any atom is -0.381 e. The molecular formula is C7H9Cl2N3OS. The zero-order chi connectivity index (χ0) is 10.6. The predicted octanol–water partition coefficient (Wildman–Crippen LogP) is 1.57. The van der Waals surface area contributed by atoms with Crippen LogP contribution in [-0.4, -0.2) is 33.0 Å². The van der Waals surface area contributed by atoms with E-state index in [1.165, 1.54) is 0 Å². The standard InChI is InChI=1S/C7H9Cl2N3OS/c1-14(13)3-2-10-5-4-6(8)11-12-7(5)9/h4H,2-3H2,1H3,(H,10,11). The van der Waals surface area contributed by atoms with Gasteiger partial charge in [0.25, 0.3) is 0 Å². The molecule has 7 heteroatoms. The largest absolute Gasteiger partial charge is 0.381 e. The highest BCUT2D eigenvalue weighted by Crippen LogP contribution is 2.20. The monoisotopic (exact) mass is 253 g/mol. The van der Waals surface area contributed by atoms with Crippen molar-refractivity contribution in [3.63, 3.8) is 0 Å². The maximum Gasteiger partial charge on any atom is 0.174 e. The first-order valence-corrected chi connectivity index (χ1v) is 6.30. The molecule has 0 spiro atoms. The van der Waals surface area contributed by atoms with Gasteiger partial charge in [-0.15, -0.1) is 10.2 Å². The molecule has 1 unspecified atom stereocenters. The van der Waals surface area contributed by atoms with Gasteiger partial charge in [-0.25, -0.2) is 0 Å². The van der Waals surface area contributed by atoms with Crippen molar-refractivity contribution in [1.82, 2.24) is 10.2 Å². The molecule has 0 aliphatic heterocycles. The molecular weight excluding hydrogens is 245 g/mol. The van der Waals surface area contributed by atoms with Crippen molar-refractivity contribution in [1.29, 1.82) is 0 Å². The van der Waals surface area contributed by atoms with Crippen LogP contribution in [0.25, 0.3) is 0 Å². The molecule has 0 radical (unpaired) electrons. The van der Waals surface area contributed by atoms with Crippen LogP contribution in [0, 0.1) is 0 Å². The Hall–Kier alpha value is -0.390. The van der Waals surface area contributed by atoms with Crippen molar-refractivity contribution >= 4 is 39.7 Å². The van der Waals surface area contributed by atoms with Crippen molar-refractivity contribution < 1.29 is 4.21 Å². The minimum atomic E-state index is -0.826. The maximum absolute atomic E-state index is 10.8. The predicted molar refractivity (Wildman–Crippen MR) is 59.5 cm³/mol. The van der Waals surface area contributed by atoms with Gasteiger partial charge in [-0.2, -0.15) is 0 Å². The smallest absolute Gasteiger partial charge is 0.174 e. The molecule has 0 saturated carbocycles. The van der Waals surface area contributed by atoms with Gasteiger partial charge in [0.1, 0.15) is 0 Å². The van der Waals surface area contributed by atoms with Crippen LogP contribution in [0.5, 0.6) is 0 Å². The topological polar surface area (TPSA) is 54.9 Å². The Morgan fingerprint density at radius 3 is 2.86 bits per heavy atom. The van der Waals surface area contributed by atoms with Crippen LogP contribution >= 0.6 is 23.2 Å². The first kappa shape index (κ1) is 11.7. The summed E-state index contributed by atoms with van der Waals surface area (Å²) in [7, 11) is -0.826. The lowest BCUT2D eigenvalue weighted by molar-refractivity contribution is 0.687. The average molecular weight is 254 g/mol. The van der Waals surface area contributed by atoms with Gasteiger partial charge < -0.3 is 5.32 Å². The highest BCUT2D eigenvalue weighted by atomic mass is 35.5. The number of hydrogen-bond acceptors (Lipinski definition) is 4. The van der Waals surface area contributed by atoms with Crippen molar-refractivity contribution in [3.8, 4) is 0 Å². The molecule has 1 atom stereocenters. The number of anilines is 1. The number of nitrogens with zero attached hydrogens (tertiary/aromatic N) is 2. The van der Waals surface area contributed by atoms with Crippen LogP contribution in [0.3, 0.4) is 0 Å². The number of halogens is 2. The fourth-order valence-corrected chi connectivity index (χ4v) is 1.50. The Bertz CT molecular complexity index is 348. The molecule has 78 valence electrons. The first-order valence-electron chi connectivity index (χ1n) is 3.82. The summed E-state index contributed by atoms with van der Waals surface area (Å²) in [6, 6.07) is 1.58. The van der Waals surface area contributed by atoms with Crippen molar-refractivity contribution in [2.24, 2.45) is 0 Å². The Balaban J connectivity index is 2.57. The third-order valence-electron chi connectivity index (χ3n) is 1.42. The SMILES string of the molecule is CS(=O)CCNc1cc(Cl)nnc1Cl. The van der Waals surface area contributed by atoms with Crippen LogP contribution < -0.4 is 5.32 Å². The van der Waals surface area contributed by atoms with Gasteiger partial charge in [0.2, 0.25) is 0 Å². The third-order valence-corrected chi connectivity index (χ3v) is 2.67. The van der Waals surface area contributed by atoms with E-state index in [2.05, 4.69) is 15.5 Å². The summed E-state index contributed by atoms with van der Waals surface area (Å²) in [6.07, 6.45) is 1.64. The Labute approximate surface area is 94.5 Å². The second-order valence-corrected chi connectivity index (χ2v) is 4.88. The molecule has 0 bridgehead atoms. The molecule has 1 rings (SSSR count). The van der Waals surface area contributed by atoms with E-state index >= 15 is 0 Å². The normalized spacial score (nSPS) is 12.5. The van der Waals surface area contributed by atoms with Gasteiger partial charge in [-0.05, 0) is 0 Å². The summed E-state index contributed by atoms with van der Waals surface area (Å²) in [5, 5.41) is 10.7. The van der Waals surface area contributed by atoms with E-state index < -0.39 is 10.8 Å². The molecule has 14 heavy (non-hydrogen) atoms. The zero-order valence-electron chi connectivity index (χ0n) is 7.46. The molecule has 0 aliphatic rings. The molecule has 1 aromatic heterocycles. The lowest BCUT2D eigenvalue weighted by Gasteiger charge is -2.05. The van der Waals surface area contributed by atoms with Crippen LogP contribution in [0.1, 0.15) is 0 Å². The minimum absolute atomic E-state index is 0.260. The number of nitrogens with one attached hydrogen (secondary N) is 1. The molecule has 4 nitrogen and oxygen atoms in total. The van der Waals surface area contributed by atoms with Crippen LogP contribution in [0.4, 0.5) is 5.69 Å². The molecule has 0 amide bonds. The van der Waals surface area contributed by atoms with Gasteiger partial charge in [-0.1, -0.05) is 23.2 Å². The van der Waals surface area contributed by atoms with E-state index in [0.29, 0.717) is 18.0 Å². The fourth-order valence-electron chi connectivity index (χ4n) is 0.806. The fraction of sp³-hybridized carbons (Fsp3) is 0.429. The second kappa shape index (κ2) is 5.48. The number of aromatic nitrogens is 2. The molecule has 1 heterocycles. The maximum atomic E-state index is 10.8. The summed E-state index contributed by atoms with van der Waals surface area (Å²) >= 11 is 11.4. The van der Waals surface area contributed by atoms with Gasteiger partial charge in [0.05, 0.1) is 5.69 Å². The Morgan fingerprint density at radius 1 is 1.50 bits per heavy atom. The molecule has 0 aromatic carbocycles. The highest BCUT2D eigenvalue weighted by molar-refractivity contribution is 7.84. The summed E-state index contributed by atoms with van der Waals surface area (Å²) in [5.74, 6) is 0.552. The molecule has 0 fully saturated rings. The van der Waals surface area contributed by atoms with Crippen LogP contribution in [0.2, 0.25) is 10.3 Å². The Morgan fingerprint density at radius 2 is 2.21 bits per heavy atom.